The Morgan fingerprint density at radius 1 is 1.14 bits per heavy atom. The highest BCUT2D eigenvalue weighted by molar-refractivity contribution is 6.33. The highest BCUT2D eigenvalue weighted by Crippen LogP contribution is 2.21. The molecular formula is C20H20ClN5O3. The van der Waals surface area contributed by atoms with Crippen LogP contribution in [-0.2, 0) is 6.54 Å². The fourth-order valence-corrected chi connectivity index (χ4v) is 3.16. The number of hydrogen-bond donors (Lipinski definition) is 2. The second kappa shape index (κ2) is 9.20. The topological polar surface area (TPSA) is 102 Å². The van der Waals surface area contributed by atoms with Gasteiger partial charge in [-0.3, -0.25) is 14.9 Å². The lowest BCUT2D eigenvalue weighted by atomic mass is 10.2. The van der Waals surface area contributed by atoms with Crippen molar-refractivity contribution < 1.29 is 9.72 Å². The summed E-state index contributed by atoms with van der Waals surface area (Å²) < 4.78 is 1.61. The van der Waals surface area contributed by atoms with Crippen LogP contribution in [0.25, 0.3) is 0 Å². The average molecular weight is 414 g/mol. The number of hydrogen-bond acceptors (Lipinski definition) is 5. The van der Waals surface area contributed by atoms with Gasteiger partial charge < -0.3 is 10.6 Å². The second-order valence-electron chi connectivity index (χ2n) is 6.38. The molecule has 1 heterocycles. The minimum atomic E-state index is -0.450. The molecule has 3 aromatic rings. The smallest absolute Gasteiger partial charge is 0.269 e. The highest BCUT2D eigenvalue weighted by Gasteiger charge is 2.20. The van der Waals surface area contributed by atoms with Crippen LogP contribution >= 0.6 is 11.6 Å². The molecule has 29 heavy (non-hydrogen) atoms. The Labute approximate surface area is 172 Å². The van der Waals surface area contributed by atoms with E-state index in [-0.39, 0.29) is 11.6 Å². The van der Waals surface area contributed by atoms with Crippen LogP contribution in [0.4, 0.5) is 11.4 Å². The van der Waals surface area contributed by atoms with E-state index in [1.807, 2.05) is 30.3 Å². The molecule has 9 heteroatoms. The van der Waals surface area contributed by atoms with Gasteiger partial charge in [-0.05, 0) is 24.6 Å². The van der Waals surface area contributed by atoms with E-state index in [1.54, 1.807) is 23.7 Å². The normalized spacial score (nSPS) is 10.6. The monoisotopic (exact) mass is 413 g/mol. The molecule has 0 aliphatic heterocycles. The third-order valence-corrected chi connectivity index (χ3v) is 4.67. The van der Waals surface area contributed by atoms with Gasteiger partial charge in [0.25, 0.3) is 11.6 Å². The molecule has 2 aromatic carbocycles. The quantitative estimate of drug-likeness (QED) is 0.333. The Kier molecular flexibility index (Phi) is 6.46. The first kappa shape index (κ1) is 20.3. The van der Waals surface area contributed by atoms with E-state index < -0.39 is 4.92 Å². The maximum Gasteiger partial charge on any atom is 0.269 e. The zero-order chi connectivity index (χ0) is 20.8. The number of halogens is 1. The van der Waals surface area contributed by atoms with E-state index in [2.05, 4.69) is 15.7 Å². The molecule has 0 aliphatic rings. The van der Waals surface area contributed by atoms with Gasteiger partial charge in [0.15, 0.2) is 0 Å². The van der Waals surface area contributed by atoms with Crippen molar-refractivity contribution in [3.8, 4) is 0 Å². The number of nitrogens with zero attached hydrogens (tertiary/aromatic N) is 3. The molecule has 0 bridgehead atoms. The van der Waals surface area contributed by atoms with Crippen LogP contribution in [0.15, 0.2) is 54.6 Å². The van der Waals surface area contributed by atoms with Crippen LogP contribution in [0.1, 0.15) is 21.6 Å². The lowest BCUT2D eigenvalue weighted by molar-refractivity contribution is -0.384. The lowest BCUT2D eigenvalue weighted by Gasteiger charge is -2.08. The van der Waals surface area contributed by atoms with Crippen molar-refractivity contribution in [2.75, 3.05) is 18.4 Å². The van der Waals surface area contributed by atoms with Gasteiger partial charge in [0.05, 0.1) is 22.7 Å². The number of carbonyl (C=O) groups is 1. The summed E-state index contributed by atoms with van der Waals surface area (Å²) in [4.78, 5) is 22.7. The molecule has 8 nitrogen and oxygen atoms in total. The van der Waals surface area contributed by atoms with Crippen molar-refractivity contribution in [3.63, 3.8) is 0 Å². The maximum absolute atomic E-state index is 12.5. The number of nitrogens with one attached hydrogen (secondary N) is 2. The van der Waals surface area contributed by atoms with Crippen molar-refractivity contribution in [2.24, 2.45) is 0 Å². The molecule has 0 saturated carbocycles. The molecule has 0 saturated heterocycles. The molecular weight excluding hydrogens is 394 g/mol. The Morgan fingerprint density at radius 2 is 1.83 bits per heavy atom. The number of non-ortho nitro benzene ring substituents is 1. The SMILES string of the molecule is Cc1nn(Cc2ccccc2)c(Cl)c1C(=O)NCCNc1ccc([N+](=O)[O-])cc1. The summed E-state index contributed by atoms with van der Waals surface area (Å²) >= 11 is 6.39. The standard InChI is InChI=1S/C20H20ClN5O3/c1-14-18(19(21)25(24-14)13-15-5-3-2-4-6-15)20(27)23-12-11-22-16-7-9-17(10-8-16)26(28)29/h2-10,22H,11-13H2,1H3,(H,23,27). The second-order valence-corrected chi connectivity index (χ2v) is 6.74. The van der Waals surface area contributed by atoms with Gasteiger partial charge in [0.1, 0.15) is 5.15 Å². The molecule has 150 valence electrons. The molecule has 2 N–H and O–H groups in total. The molecule has 0 unspecified atom stereocenters. The summed E-state index contributed by atoms with van der Waals surface area (Å²) in [6.07, 6.45) is 0. The maximum atomic E-state index is 12.5. The number of anilines is 1. The Bertz CT molecular complexity index is 1000. The first-order valence-corrected chi connectivity index (χ1v) is 9.37. The lowest BCUT2D eigenvalue weighted by Crippen LogP contribution is -2.29. The van der Waals surface area contributed by atoms with Crippen LogP contribution in [0, 0.1) is 17.0 Å². The molecule has 3 rings (SSSR count). The van der Waals surface area contributed by atoms with Gasteiger partial charge in [-0.15, -0.1) is 0 Å². The molecule has 1 amide bonds. The summed E-state index contributed by atoms with van der Waals surface area (Å²) in [5, 5.41) is 21.2. The summed E-state index contributed by atoms with van der Waals surface area (Å²) in [5.74, 6) is -0.294. The molecule has 1 aromatic heterocycles. The fourth-order valence-electron chi connectivity index (χ4n) is 2.84. The minimum Gasteiger partial charge on any atom is -0.383 e. The average Bonchev–Trinajstić information content (AvgIpc) is 2.99. The highest BCUT2D eigenvalue weighted by atomic mass is 35.5. The molecule has 0 aliphatic carbocycles. The van der Waals surface area contributed by atoms with E-state index in [0.717, 1.165) is 11.3 Å². The van der Waals surface area contributed by atoms with Crippen LogP contribution in [-0.4, -0.2) is 33.7 Å². The number of benzene rings is 2. The van der Waals surface area contributed by atoms with Gasteiger partial charge in [-0.2, -0.15) is 5.10 Å². The van der Waals surface area contributed by atoms with Crippen LogP contribution < -0.4 is 10.6 Å². The molecule has 0 spiro atoms. The summed E-state index contributed by atoms with van der Waals surface area (Å²) in [5.41, 5.74) is 2.72. The number of aryl methyl sites for hydroxylation is 1. The van der Waals surface area contributed by atoms with Crippen LogP contribution in [0.3, 0.4) is 0 Å². The number of aromatic nitrogens is 2. The minimum absolute atomic E-state index is 0.0292. The third kappa shape index (κ3) is 5.11. The van der Waals surface area contributed by atoms with Crippen molar-refractivity contribution in [1.82, 2.24) is 15.1 Å². The van der Waals surface area contributed by atoms with Crippen molar-refractivity contribution >= 4 is 28.9 Å². The fraction of sp³-hybridized carbons (Fsp3) is 0.200. The first-order chi connectivity index (χ1) is 14.0. The number of amides is 1. The number of nitro benzene ring substituents is 1. The van der Waals surface area contributed by atoms with E-state index >= 15 is 0 Å². The Hall–Kier alpha value is -3.39. The first-order valence-electron chi connectivity index (χ1n) is 8.99. The number of rotatable bonds is 8. The van der Waals surface area contributed by atoms with E-state index in [0.29, 0.717) is 36.0 Å². The summed E-state index contributed by atoms with van der Waals surface area (Å²) in [6, 6.07) is 15.8. The van der Waals surface area contributed by atoms with Crippen LogP contribution in [0.2, 0.25) is 5.15 Å². The Balaban J connectivity index is 1.54. The van der Waals surface area contributed by atoms with E-state index in [1.165, 1.54) is 12.1 Å². The van der Waals surface area contributed by atoms with Crippen molar-refractivity contribution in [2.45, 2.75) is 13.5 Å². The summed E-state index contributed by atoms with van der Waals surface area (Å²) in [6.45, 7) is 3.04. The molecule has 0 radical (unpaired) electrons. The molecule has 0 atom stereocenters. The van der Waals surface area contributed by atoms with Crippen LogP contribution in [0.5, 0.6) is 0 Å². The van der Waals surface area contributed by atoms with Crippen molar-refractivity contribution in [1.29, 1.82) is 0 Å². The predicted molar refractivity (Wildman–Crippen MR) is 111 cm³/mol. The van der Waals surface area contributed by atoms with Gasteiger partial charge >= 0.3 is 0 Å². The Morgan fingerprint density at radius 3 is 2.48 bits per heavy atom. The summed E-state index contributed by atoms with van der Waals surface area (Å²) in [7, 11) is 0. The van der Waals surface area contributed by atoms with Gasteiger partial charge in [0, 0.05) is 30.9 Å². The zero-order valence-corrected chi connectivity index (χ0v) is 16.5. The third-order valence-electron chi connectivity index (χ3n) is 4.29. The number of nitro groups is 1. The molecule has 0 fully saturated rings. The van der Waals surface area contributed by atoms with Gasteiger partial charge in [-0.25, -0.2) is 4.68 Å². The van der Waals surface area contributed by atoms with Crippen molar-refractivity contribution in [3.05, 3.63) is 86.7 Å². The predicted octanol–water partition coefficient (Wildman–Crippen LogP) is 3.64. The zero-order valence-electron chi connectivity index (χ0n) is 15.8. The largest absolute Gasteiger partial charge is 0.383 e. The van der Waals surface area contributed by atoms with Gasteiger partial charge in [0.2, 0.25) is 0 Å². The van der Waals surface area contributed by atoms with Gasteiger partial charge in [-0.1, -0.05) is 41.9 Å². The van der Waals surface area contributed by atoms with E-state index in [9.17, 15) is 14.9 Å². The number of carbonyl (C=O) groups excluding carboxylic acids is 1. The van der Waals surface area contributed by atoms with E-state index in [4.69, 9.17) is 11.6 Å².